The minimum absolute atomic E-state index is 0. The van der Waals surface area contributed by atoms with Gasteiger partial charge in [-0.3, -0.25) is 9.67 Å². The molecule has 6 heteroatoms. The fourth-order valence-corrected chi connectivity index (χ4v) is 2.91. The third kappa shape index (κ3) is 4.25. The van der Waals surface area contributed by atoms with Crippen LogP contribution in [0.15, 0.2) is 47.7 Å². The van der Waals surface area contributed by atoms with Gasteiger partial charge in [-0.25, -0.2) is 0 Å². The number of fused-ring (bicyclic) bond motifs is 1. The molecule has 124 valence electrons. The fourth-order valence-electron chi connectivity index (χ4n) is 2.91. The first-order chi connectivity index (χ1) is 10.8. The number of hydrogen-bond donors (Lipinski definition) is 1. The van der Waals surface area contributed by atoms with Crippen LogP contribution in [0.1, 0.15) is 12.5 Å². The van der Waals surface area contributed by atoms with Gasteiger partial charge in [-0.2, -0.15) is 5.10 Å². The molecule has 1 aliphatic heterocycles. The third-order valence-electron chi connectivity index (χ3n) is 4.02. The minimum Gasteiger partial charge on any atom is -0.356 e. The van der Waals surface area contributed by atoms with E-state index in [-0.39, 0.29) is 24.0 Å². The number of benzene rings is 1. The SMILES string of the molecule is CN=C(NCC(C)Cn1cccn1)N1CCc2ccccc21.I. The molecule has 0 spiro atoms. The maximum absolute atomic E-state index is 4.45. The van der Waals surface area contributed by atoms with E-state index in [1.54, 1.807) is 0 Å². The van der Waals surface area contributed by atoms with Crippen LogP contribution in [0.5, 0.6) is 0 Å². The summed E-state index contributed by atoms with van der Waals surface area (Å²) in [4.78, 5) is 6.72. The maximum atomic E-state index is 4.45. The largest absolute Gasteiger partial charge is 0.356 e. The van der Waals surface area contributed by atoms with E-state index in [1.165, 1.54) is 11.3 Å². The van der Waals surface area contributed by atoms with Gasteiger partial charge in [0.25, 0.3) is 0 Å². The number of aliphatic imine (C=N–C) groups is 1. The molecule has 1 unspecified atom stereocenters. The first-order valence-corrected chi connectivity index (χ1v) is 7.81. The van der Waals surface area contributed by atoms with Crippen molar-refractivity contribution < 1.29 is 0 Å². The molecule has 0 bridgehead atoms. The van der Waals surface area contributed by atoms with Crippen LogP contribution in [-0.2, 0) is 13.0 Å². The lowest BCUT2D eigenvalue weighted by atomic mass is 10.2. The van der Waals surface area contributed by atoms with Crippen molar-refractivity contribution in [2.75, 3.05) is 25.0 Å². The summed E-state index contributed by atoms with van der Waals surface area (Å²) in [5.41, 5.74) is 2.67. The summed E-state index contributed by atoms with van der Waals surface area (Å²) in [5, 5.41) is 7.76. The van der Waals surface area contributed by atoms with E-state index in [0.717, 1.165) is 32.0 Å². The summed E-state index contributed by atoms with van der Waals surface area (Å²) in [6.45, 7) is 5.01. The number of rotatable bonds is 4. The van der Waals surface area contributed by atoms with Gasteiger partial charge in [-0.05, 0) is 30.0 Å². The van der Waals surface area contributed by atoms with Gasteiger partial charge in [0.2, 0.25) is 0 Å². The second-order valence-electron chi connectivity index (χ2n) is 5.79. The van der Waals surface area contributed by atoms with Crippen molar-refractivity contribution in [1.82, 2.24) is 15.1 Å². The van der Waals surface area contributed by atoms with Gasteiger partial charge in [0.05, 0.1) is 0 Å². The number of nitrogens with one attached hydrogen (secondary N) is 1. The van der Waals surface area contributed by atoms with Crippen molar-refractivity contribution in [2.45, 2.75) is 19.9 Å². The second-order valence-corrected chi connectivity index (χ2v) is 5.79. The Hall–Kier alpha value is -1.57. The summed E-state index contributed by atoms with van der Waals surface area (Å²) in [6, 6.07) is 10.5. The van der Waals surface area contributed by atoms with Crippen LogP contribution in [0, 0.1) is 5.92 Å². The highest BCUT2D eigenvalue weighted by atomic mass is 127. The zero-order valence-electron chi connectivity index (χ0n) is 13.6. The first kappa shape index (κ1) is 17.8. The van der Waals surface area contributed by atoms with Crippen molar-refractivity contribution in [3.8, 4) is 0 Å². The standard InChI is InChI=1S/C17H23N5.HI/c1-14(13-21-10-5-9-20-21)12-19-17(18-2)22-11-8-15-6-3-4-7-16(15)22;/h3-7,9-10,14H,8,11-13H2,1-2H3,(H,18,19);1H. The van der Waals surface area contributed by atoms with Gasteiger partial charge in [0, 0.05) is 44.8 Å². The van der Waals surface area contributed by atoms with Crippen molar-refractivity contribution in [3.05, 3.63) is 48.3 Å². The fraction of sp³-hybridized carbons (Fsp3) is 0.412. The number of hydrogen-bond acceptors (Lipinski definition) is 2. The highest BCUT2D eigenvalue weighted by molar-refractivity contribution is 14.0. The van der Waals surface area contributed by atoms with E-state index < -0.39 is 0 Å². The summed E-state index contributed by atoms with van der Waals surface area (Å²) in [5.74, 6) is 1.44. The van der Waals surface area contributed by atoms with E-state index in [1.807, 2.05) is 30.2 Å². The van der Waals surface area contributed by atoms with Crippen LogP contribution >= 0.6 is 24.0 Å². The summed E-state index contributed by atoms with van der Waals surface area (Å²) >= 11 is 0. The van der Waals surface area contributed by atoms with Gasteiger partial charge < -0.3 is 10.2 Å². The topological polar surface area (TPSA) is 45.5 Å². The van der Waals surface area contributed by atoms with Crippen LogP contribution < -0.4 is 10.2 Å². The van der Waals surface area contributed by atoms with E-state index in [0.29, 0.717) is 5.92 Å². The molecule has 0 amide bonds. The van der Waals surface area contributed by atoms with Crippen molar-refractivity contribution in [2.24, 2.45) is 10.9 Å². The predicted molar refractivity (Wildman–Crippen MR) is 106 cm³/mol. The van der Waals surface area contributed by atoms with Crippen LogP contribution in [0.4, 0.5) is 5.69 Å². The molecule has 1 N–H and O–H groups in total. The summed E-state index contributed by atoms with van der Waals surface area (Å²) in [7, 11) is 1.85. The molecular weight excluding hydrogens is 401 g/mol. The molecule has 1 aromatic carbocycles. The second kappa shape index (κ2) is 8.33. The lowest BCUT2D eigenvalue weighted by molar-refractivity contribution is 0.444. The van der Waals surface area contributed by atoms with Gasteiger partial charge in [0.1, 0.15) is 0 Å². The Kier molecular flexibility index (Phi) is 6.44. The Morgan fingerprint density at radius 3 is 2.91 bits per heavy atom. The number of para-hydroxylation sites is 1. The molecule has 0 fully saturated rings. The van der Waals surface area contributed by atoms with E-state index in [2.05, 4.69) is 51.5 Å². The maximum Gasteiger partial charge on any atom is 0.198 e. The quantitative estimate of drug-likeness (QED) is 0.466. The molecule has 3 rings (SSSR count). The molecule has 0 aliphatic carbocycles. The first-order valence-electron chi connectivity index (χ1n) is 7.81. The molecule has 23 heavy (non-hydrogen) atoms. The van der Waals surface area contributed by atoms with E-state index in [9.17, 15) is 0 Å². The number of anilines is 1. The molecule has 1 aliphatic rings. The Balaban J connectivity index is 0.00000192. The van der Waals surface area contributed by atoms with Crippen molar-refractivity contribution in [3.63, 3.8) is 0 Å². The Morgan fingerprint density at radius 2 is 2.17 bits per heavy atom. The smallest absolute Gasteiger partial charge is 0.198 e. The normalized spacial score (nSPS) is 15.0. The molecule has 0 saturated heterocycles. The number of halogens is 1. The minimum atomic E-state index is 0. The highest BCUT2D eigenvalue weighted by Gasteiger charge is 2.22. The van der Waals surface area contributed by atoms with E-state index in [4.69, 9.17) is 0 Å². The van der Waals surface area contributed by atoms with Gasteiger partial charge in [-0.1, -0.05) is 25.1 Å². The number of aromatic nitrogens is 2. The van der Waals surface area contributed by atoms with Gasteiger partial charge in [-0.15, -0.1) is 24.0 Å². The zero-order chi connectivity index (χ0) is 15.4. The molecule has 0 radical (unpaired) electrons. The Morgan fingerprint density at radius 1 is 1.35 bits per heavy atom. The number of guanidine groups is 1. The van der Waals surface area contributed by atoms with Crippen LogP contribution in [0.3, 0.4) is 0 Å². The summed E-state index contributed by atoms with van der Waals surface area (Å²) < 4.78 is 1.97. The Bertz CT molecular complexity index is 638. The zero-order valence-corrected chi connectivity index (χ0v) is 16.0. The molecule has 2 aromatic rings. The Labute approximate surface area is 154 Å². The van der Waals surface area contributed by atoms with Gasteiger partial charge >= 0.3 is 0 Å². The molecular formula is C17H24IN5. The molecule has 5 nitrogen and oxygen atoms in total. The van der Waals surface area contributed by atoms with Crippen LogP contribution in [0.25, 0.3) is 0 Å². The van der Waals surface area contributed by atoms with Crippen molar-refractivity contribution in [1.29, 1.82) is 0 Å². The summed E-state index contributed by atoms with van der Waals surface area (Å²) in [6.07, 6.45) is 4.90. The van der Waals surface area contributed by atoms with E-state index >= 15 is 0 Å². The lowest BCUT2D eigenvalue weighted by Crippen LogP contribution is -2.42. The average molecular weight is 425 g/mol. The monoisotopic (exact) mass is 425 g/mol. The van der Waals surface area contributed by atoms with Crippen LogP contribution in [-0.4, -0.2) is 35.9 Å². The molecule has 1 aromatic heterocycles. The van der Waals surface area contributed by atoms with Crippen molar-refractivity contribution >= 4 is 35.6 Å². The van der Waals surface area contributed by atoms with Gasteiger partial charge in [0.15, 0.2) is 5.96 Å². The highest BCUT2D eigenvalue weighted by Crippen LogP contribution is 2.27. The average Bonchev–Trinajstić information content (AvgIpc) is 3.18. The van der Waals surface area contributed by atoms with Crippen LogP contribution in [0.2, 0.25) is 0 Å². The molecule has 1 atom stereocenters. The predicted octanol–water partition coefficient (Wildman–Crippen LogP) is 2.78. The molecule has 2 heterocycles. The third-order valence-corrected chi connectivity index (χ3v) is 4.02. The molecule has 0 saturated carbocycles. The number of nitrogens with zero attached hydrogens (tertiary/aromatic N) is 4. The lowest BCUT2D eigenvalue weighted by Gasteiger charge is -2.23.